The lowest BCUT2D eigenvalue weighted by atomic mass is 10.1. The largest absolute Gasteiger partial charge is 0.497 e. The number of amides is 1. The first-order valence-electron chi connectivity index (χ1n) is 7.92. The van der Waals surface area contributed by atoms with Crippen molar-refractivity contribution >= 4 is 5.91 Å². The van der Waals surface area contributed by atoms with Gasteiger partial charge < -0.3 is 14.6 Å². The number of rotatable bonds is 5. The molecule has 6 heteroatoms. The van der Waals surface area contributed by atoms with Crippen molar-refractivity contribution in [3.8, 4) is 17.2 Å². The summed E-state index contributed by atoms with van der Waals surface area (Å²) >= 11 is 0. The number of methoxy groups -OCH3 is 1. The number of benzene rings is 2. The van der Waals surface area contributed by atoms with E-state index in [1.165, 1.54) is 0 Å². The van der Waals surface area contributed by atoms with Gasteiger partial charge in [0.1, 0.15) is 5.75 Å². The SMILES string of the molecule is COc1ccc([C@H](C)NC(=O)c2noc(-c3ccc(C)cc3)n2)cc1. The van der Waals surface area contributed by atoms with E-state index in [0.29, 0.717) is 5.89 Å². The summed E-state index contributed by atoms with van der Waals surface area (Å²) in [5.74, 6) is 0.715. The molecule has 0 aliphatic heterocycles. The van der Waals surface area contributed by atoms with E-state index in [1.807, 2.05) is 62.4 Å². The number of carbonyl (C=O) groups is 1. The molecule has 0 fully saturated rings. The zero-order valence-electron chi connectivity index (χ0n) is 14.3. The van der Waals surface area contributed by atoms with Crippen molar-refractivity contribution in [2.24, 2.45) is 0 Å². The van der Waals surface area contributed by atoms with Crippen molar-refractivity contribution in [1.29, 1.82) is 0 Å². The van der Waals surface area contributed by atoms with Crippen LogP contribution in [0.25, 0.3) is 11.5 Å². The monoisotopic (exact) mass is 337 g/mol. The molecule has 1 atom stereocenters. The molecule has 0 unspecified atom stereocenters. The summed E-state index contributed by atoms with van der Waals surface area (Å²) in [5, 5.41) is 6.63. The predicted molar refractivity (Wildman–Crippen MR) is 93.3 cm³/mol. The molecule has 2 aromatic carbocycles. The number of carbonyl (C=O) groups excluding carboxylic acids is 1. The molecule has 1 heterocycles. The number of hydrogen-bond acceptors (Lipinski definition) is 5. The van der Waals surface area contributed by atoms with Gasteiger partial charge in [-0.25, -0.2) is 0 Å². The smallest absolute Gasteiger partial charge is 0.293 e. The molecule has 3 rings (SSSR count). The highest BCUT2D eigenvalue weighted by atomic mass is 16.5. The lowest BCUT2D eigenvalue weighted by molar-refractivity contribution is 0.0926. The summed E-state index contributed by atoms with van der Waals surface area (Å²) in [6, 6.07) is 15.0. The van der Waals surface area contributed by atoms with Gasteiger partial charge in [-0.05, 0) is 43.7 Å². The molecule has 128 valence electrons. The maximum Gasteiger partial charge on any atom is 0.293 e. The van der Waals surface area contributed by atoms with Crippen LogP contribution in [0.5, 0.6) is 5.75 Å². The summed E-state index contributed by atoms with van der Waals surface area (Å²) in [6.45, 7) is 3.89. The minimum Gasteiger partial charge on any atom is -0.497 e. The number of nitrogens with one attached hydrogen (secondary N) is 1. The van der Waals surface area contributed by atoms with Gasteiger partial charge in [-0.1, -0.05) is 35.0 Å². The third kappa shape index (κ3) is 3.85. The number of hydrogen-bond donors (Lipinski definition) is 1. The van der Waals surface area contributed by atoms with Crippen LogP contribution >= 0.6 is 0 Å². The van der Waals surface area contributed by atoms with E-state index in [-0.39, 0.29) is 17.8 Å². The number of ether oxygens (including phenoxy) is 1. The van der Waals surface area contributed by atoms with Crippen LogP contribution < -0.4 is 10.1 Å². The molecule has 0 saturated heterocycles. The van der Waals surface area contributed by atoms with Crippen LogP contribution in [0.2, 0.25) is 0 Å². The number of aryl methyl sites for hydroxylation is 1. The Morgan fingerprint density at radius 1 is 1.12 bits per heavy atom. The zero-order valence-corrected chi connectivity index (χ0v) is 14.3. The van der Waals surface area contributed by atoms with Crippen LogP contribution in [0.3, 0.4) is 0 Å². The zero-order chi connectivity index (χ0) is 17.8. The summed E-state index contributed by atoms with van der Waals surface area (Å²) in [5.41, 5.74) is 2.87. The van der Waals surface area contributed by atoms with Crippen LogP contribution in [0.4, 0.5) is 0 Å². The van der Waals surface area contributed by atoms with Gasteiger partial charge in [0.2, 0.25) is 0 Å². The molecule has 0 radical (unpaired) electrons. The van der Waals surface area contributed by atoms with Crippen molar-refractivity contribution in [3.05, 3.63) is 65.5 Å². The summed E-state index contributed by atoms with van der Waals surface area (Å²) in [6.07, 6.45) is 0. The van der Waals surface area contributed by atoms with Crippen molar-refractivity contribution in [2.75, 3.05) is 7.11 Å². The lowest BCUT2D eigenvalue weighted by Gasteiger charge is -2.13. The average Bonchev–Trinajstić information content (AvgIpc) is 3.12. The van der Waals surface area contributed by atoms with Crippen LogP contribution in [-0.2, 0) is 0 Å². The Kier molecular flexibility index (Phi) is 4.79. The first-order chi connectivity index (χ1) is 12.1. The van der Waals surface area contributed by atoms with Gasteiger partial charge in [0.25, 0.3) is 17.6 Å². The van der Waals surface area contributed by atoms with Crippen LogP contribution in [-0.4, -0.2) is 23.2 Å². The molecule has 0 bridgehead atoms. The number of aromatic nitrogens is 2. The van der Waals surface area contributed by atoms with E-state index >= 15 is 0 Å². The topological polar surface area (TPSA) is 77.2 Å². The molecule has 6 nitrogen and oxygen atoms in total. The molecular formula is C19H19N3O3. The Morgan fingerprint density at radius 2 is 1.80 bits per heavy atom. The predicted octanol–water partition coefficient (Wildman–Crippen LogP) is 3.54. The standard InChI is InChI=1S/C19H19N3O3/c1-12-4-6-15(7-5-12)19-21-17(22-25-19)18(23)20-13(2)14-8-10-16(24-3)11-9-14/h4-11,13H,1-3H3,(H,20,23)/t13-/m0/s1. The van der Waals surface area contributed by atoms with E-state index in [2.05, 4.69) is 15.5 Å². The molecule has 1 N–H and O–H groups in total. The van der Waals surface area contributed by atoms with E-state index < -0.39 is 0 Å². The Bertz CT molecular complexity index is 854. The Hall–Kier alpha value is -3.15. The van der Waals surface area contributed by atoms with Crippen LogP contribution in [0.15, 0.2) is 53.1 Å². The van der Waals surface area contributed by atoms with Gasteiger partial charge in [-0.15, -0.1) is 0 Å². The second kappa shape index (κ2) is 7.17. The van der Waals surface area contributed by atoms with E-state index in [1.54, 1.807) is 7.11 Å². The van der Waals surface area contributed by atoms with Crippen molar-refractivity contribution in [1.82, 2.24) is 15.5 Å². The summed E-state index contributed by atoms with van der Waals surface area (Å²) in [4.78, 5) is 16.5. The normalized spacial score (nSPS) is 11.8. The fraction of sp³-hybridized carbons (Fsp3) is 0.211. The highest BCUT2D eigenvalue weighted by Gasteiger charge is 2.18. The van der Waals surface area contributed by atoms with E-state index in [9.17, 15) is 4.79 Å². The molecule has 0 spiro atoms. The quantitative estimate of drug-likeness (QED) is 0.770. The van der Waals surface area contributed by atoms with E-state index in [4.69, 9.17) is 9.26 Å². The lowest BCUT2D eigenvalue weighted by Crippen LogP contribution is -2.27. The fourth-order valence-corrected chi connectivity index (χ4v) is 2.37. The van der Waals surface area contributed by atoms with Gasteiger partial charge in [-0.2, -0.15) is 4.98 Å². The highest BCUT2D eigenvalue weighted by molar-refractivity contribution is 5.90. The minimum atomic E-state index is -0.384. The van der Waals surface area contributed by atoms with Gasteiger partial charge >= 0.3 is 0 Å². The fourth-order valence-electron chi connectivity index (χ4n) is 2.37. The molecule has 1 amide bonds. The number of nitrogens with zero attached hydrogens (tertiary/aromatic N) is 2. The highest BCUT2D eigenvalue weighted by Crippen LogP contribution is 2.19. The third-order valence-electron chi connectivity index (χ3n) is 3.89. The summed E-state index contributed by atoms with van der Waals surface area (Å²) in [7, 11) is 1.61. The molecule has 0 aliphatic rings. The van der Waals surface area contributed by atoms with Gasteiger partial charge in [0, 0.05) is 5.56 Å². The van der Waals surface area contributed by atoms with Crippen molar-refractivity contribution < 1.29 is 14.1 Å². The van der Waals surface area contributed by atoms with Crippen molar-refractivity contribution in [3.63, 3.8) is 0 Å². The minimum absolute atomic E-state index is 0.0101. The Balaban J connectivity index is 1.69. The second-order valence-corrected chi connectivity index (χ2v) is 5.76. The third-order valence-corrected chi connectivity index (χ3v) is 3.89. The van der Waals surface area contributed by atoms with Crippen LogP contribution in [0.1, 0.15) is 34.7 Å². The molecule has 3 aromatic rings. The maximum absolute atomic E-state index is 12.3. The maximum atomic E-state index is 12.3. The molecule has 0 saturated carbocycles. The van der Waals surface area contributed by atoms with Gasteiger partial charge in [0.15, 0.2) is 0 Å². The van der Waals surface area contributed by atoms with E-state index in [0.717, 1.165) is 22.4 Å². The molecule has 25 heavy (non-hydrogen) atoms. The molecular weight excluding hydrogens is 318 g/mol. The average molecular weight is 337 g/mol. The van der Waals surface area contributed by atoms with Gasteiger partial charge in [-0.3, -0.25) is 4.79 Å². The van der Waals surface area contributed by atoms with Crippen molar-refractivity contribution in [2.45, 2.75) is 19.9 Å². The Morgan fingerprint density at radius 3 is 2.44 bits per heavy atom. The summed E-state index contributed by atoms with van der Waals surface area (Å²) < 4.78 is 10.3. The Labute approximate surface area is 145 Å². The van der Waals surface area contributed by atoms with Gasteiger partial charge in [0.05, 0.1) is 13.2 Å². The van der Waals surface area contributed by atoms with Crippen LogP contribution in [0, 0.1) is 6.92 Å². The molecule has 0 aliphatic carbocycles. The second-order valence-electron chi connectivity index (χ2n) is 5.76. The first-order valence-corrected chi connectivity index (χ1v) is 7.92. The molecule has 1 aromatic heterocycles. The first kappa shape index (κ1) is 16.7.